The van der Waals surface area contributed by atoms with E-state index in [1.54, 1.807) is 18.0 Å². The Bertz CT molecular complexity index is 914. The number of hydrogen-bond acceptors (Lipinski definition) is 4. The first kappa shape index (κ1) is 24.3. The molecular weight excluding hydrogens is 463 g/mol. The fraction of sp³-hybridized carbons (Fsp3) is 0.600. The van der Waals surface area contributed by atoms with Gasteiger partial charge in [0.1, 0.15) is 0 Å². The first-order chi connectivity index (χ1) is 14.7. The number of carbonyl (C=O) groups excluding carboxylic acids is 2. The first-order valence-electron chi connectivity index (χ1n) is 10.4. The average molecular weight is 491 g/mol. The van der Waals surface area contributed by atoms with Crippen LogP contribution in [-0.4, -0.2) is 79.6 Å². The summed E-state index contributed by atoms with van der Waals surface area (Å²) in [6.07, 6.45) is 5.06. The van der Waals surface area contributed by atoms with Crippen LogP contribution in [0, 0.1) is 0 Å². The zero-order chi connectivity index (χ0) is 22.6. The second kappa shape index (κ2) is 10.5. The molecule has 1 aliphatic heterocycles. The van der Waals surface area contributed by atoms with Gasteiger partial charge in [-0.2, -0.15) is 17.0 Å². The molecule has 2 amide bonds. The Balaban J connectivity index is 1.49. The molecule has 1 aromatic carbocycles. The predicted octanol–water partition coefficient (Wildman–Crippen LogP) is 2.38. The van der Waals surface area contributed by atoms with Crippen LogP contribution in [-0.2, 0) is 15.0 Å². The van der Waals surface area contributed by atoms with Gasteiger partial charge in [-0.15, -0.1) is 0 Å². The van der Waals surface area contributed by atoms with Crippen molar-refractivity contribution in [1.82, 2.24) is 18.8 Å². The fourth-order valence-electron chi connectivity index (χ4n) is 4.02. The van der Waals surface area contributed by atoms with E-state index in [-0.39, 0.29) is 55.3 Å². The van der Waals surface area contributed by atoms with Gasteiger partial charge >= 0.3 is 0 Å². The minimum absolute atomic E-state index is 0.0494. The summed E-state index contributed by atoms with van der Waals surface area (Å²) in [6, 6.07) is 4.56. The van der Waals surface area contributed by atoms with Gasteiger partial charge in [0.2, 0.25) is 5.91 Å². The van der Waals surface area contributed by atoms with Gasteiger partial charge in [0.25, 0.3) is 16.1 Å². The summed E-state index contributed by atoms with van der Waals surface area (Å²) in [6.45, 7) is 0.860. The number of carbonyl (C=O) groups is 2. The molecule has 0 unspecified atom stereocenters. The number of amides is 2. The molecule has 172 valence electrons. The molecule has 31 heavy (non-hydrogen) atoms. The van der Waals surface area contributed by atoms with Crippen LogP contribution in [0.2, 0.25) is 10.0 Å². The molecule has 11 heteroatoms. The van der Waals surface area contributed by atoms with Crippen LogP contribution in [0.5, 0.6) is 0 Å². The molecular formula is C20H28Cl2N4O4S. The Labute approximate surface area is 193 Å². The van der Waals surface area contributed by atoms with Gasteiger partial charge in [-0.05, 0) is 31.0 Å². The van der Waals surface area contributed by atoms with Crippen molar-refractivity contribution in [2.45, 2.75) is 38.1 Å². The number of piperazine rings is 1. The van der Waals surface area contributed by atoms with Crippen molar-refractivity contribution in [3.8, 4) is 0 Å². The SMILES string of the molecule is CN(C1CCCCC1)S(=O)(=O)N1CCN(C(=O)CNC(=O)c2ccc(Cl)cc2Cl)CC1. The molecule has 1 N–H and O–H groups in total. The monoisotopic (exact) mass is 490 g/mol. The topological polar surface area (TPSA) is 90.0 Å². The normalized spacial score (nSPS) is 18.9. The molecule has 1 heterocycles. The van der Waals surface area contributed by atoms with Crippen molar-refractivity contribution < 1.29 is 18.0 Å². The second-order valence-electron chi connectivity index (χ2n) is 7.90. The number of rotatable bonds is 6. The Kier molecular flexibility index (Phi) is 8.20. The minimum Gasteiger partial charge on any atom is -0.343 e. The highest BCUT2D eigenvalue weighted by molar-refractivity contribution is 7.86. The Morgan fingerprint density at radius 1 is 1.10 bits per heavy atom. The zero-order valence-corrected chi connectivity index (χ0v) is 19.8. The molecule has 2 aliphatic rings. The van der Waals surface area contributed by atoms with Crippen molar-refractivity contribution in [2.75, 3.05) is 39.8 Å². The minimum atomic E-state index is -3.55. The van der Waals surface area contributed by atoms with E-state index in [0.29, 0.717) is 5.02 Å². The molecule has 2 fully saturated rings. The smallest absolute Gasteiger partial charge is 0.282 e. The molecule has 3 rings (SSSR count). The van der Waals surface area contributed by atoms with E-state index >= 15 is 0 Å². The van der Waals surface area contributed by atoms with E-state index in [0.717, 1.165) is 32.1 Å². The molecule has 8 nitrogen and oxygen atoms in total. The summed E-state index contributed by atoms with van der Waals surface area (Å²) in [5.74, 6) is -0.735. The fourth-order valence-corrected chi connectivity index (χ4v) is 6.09. The lowest BCUT2D eigenvalue weighted by atomic mass is 9.96. The lowest BCUT2D eigenvalue weighted by molar-refractivity contribution is -0.131. The van der Waals surface area contributed by atoms with E-state index in [1.807, 2.05) is 0 Å². The molecule has 1 saturated carbocycles. The summed E-state index contributed by atoms with van der Waals surface area (Å²) in [5.41, 5.74) is 0.237. The highest BCUT2D eigenvalue weighted by Gasteiger charge is 2.35. The molecule has 1 aliphatic carbocycles. The number of benzene rings is 1. The Morgan fingerprint density at radius 3 is 2.35 bits per heavy atom. The summed E-state index contributed by atoms with van der Waals surface area (Å²) in [5, 5.41) is 3.18. The van der Waals surface area contributed by atoms with E-state index in [9.17, 15) is 18.0 Å². The molecule has 0 radical (unpaired) electrons. The van der Waals surface area contributed by atoms with Crippen molar-refractivity contribution in [1.29, 1.82) is 0 Å². The van der Waals surface area contributed by atoms with Crippen molar-refractivity contribution in [3.63, 3.8) is 0 Å². The van der Waals surface area contributed by atoms with Crippen LogP contribution in [0.4, 0.5) is 0 Å². The number of nitrogens with zero attached hydrogens (tertiary/aromatic N) is 3. The van der Waals surface area contributed by atoms with Crippen LogP contribution < -0.4 is 5.32 Å². The maximum absolute atomic E-state index is 13.0. The van der Waals surface area contributed by atoms with Crippen molar-refractivity contribution in [3.05, 3.63) is 33.8 Å². The molecule has 1 aromatic rings. The van der Waals surface area contributed by atoms with Crippen LogP contribution in [0.15, 0.2) is 18.2 Å². The van der Waals surface area contributed by atoms with E-state index in [4.69, 9.17) is 23.2 Å². The highest BCUT2D eigenvalue weighted by atomic mass is 35.5. The molecule has 0 aromatic heterocycles. The first-order valence-corrected chi connectivity index (χ1v) is 12.6. The number of hydrogen-bond donors (Lipinski definition) is 1. The van der Waals surface area contributed by atoms with Gasteiger partial charge < -0.3 is 10.2 Å². The summed E-state index contributed by atoms with van der Waals surface area (Å²) in [4.78, 5) is 26.3. The van der Waals surface area contributed by atoms with Gasteiger partial charge in [0, 0.05) is 44.3 Å². The molecule has 0 atom stereocenters. The summed E-state index contributed by atoms with van der Waals surface area (Å²) in [7, 11) is -1.89. The highest BCUT2D eigenvalue weighted by Crippen LogP contribution is 2.25. The third kappa shape index (κ3) is 5.90. The lowest BCUT2D eigenvalue weighted by Gasteiger charge is -2.38. The third-order valence-corrected chi connectivity index (χ3v) is 8.54. The molecule has 1 saturated heterocycles. The van der Waals surface area contributed by atoms with E-state index in [2.05, 4.69) is 5.32 Å². The second-order valence-corrected chi connectivity index (χ2v) is 10.7. The average Bonchev–Trinajstić information content (AvgIpc) is 2.77. The predicted molar refractivity (Wildman–Crippen MR) is 121 cm³/mol. The third-order valence-electron chi connectivity index (χ3n) is 5.95. The molecule has 0 spiro atoms. The zero-order valence-electron chi connectivity index (χ0n) is 17.5. The number of nitrogens with one attached hydrogen (secondary N) is 1. The van der Waals surface area contributed by atoms with Gasteiger partial charge in [0.15, 0.2) is 0 Å². The Morgan fingerprint density at radius 2 is 1.74 bits per heavy atom. The van der Waals surface area contributed by atoms with Crippen molar-refractivity contribution >= 4 is 45.2 Å². The maximum atomic E-state index is 13.0. The lowest BCUT2D eigenvalue weighted by Crippen LogP contribution is -2.56. The van der Waals surface area contributed by atoms with E-state index < -0.39 is 16.1 Å². The van der Waals surface area contributed by atoms with Gasteiger partial charge in [-0.1, -0.05) is 42.5 Å². The standard InChI is InChI=1S/C20H28Cl2N4O4S/c1-24(16-5-3-2-4-6-16)31(29,30)26-11-9-25(10-12-26)19(27)14-23-20(28)17-8-7-15(21)13-18(17)22/h7-8,13,16H,2-6,9-12,14H2,1H3,(H,23,28). The van der Waals surface area contributed by atoms with Crippen LogP contribution in [0.3, 0.4) is 0 Å². The Hall–Kier alpha value is -1.39. The van der Waals surface area contributed by atoms with Crippen molar-refractivity contribution in [2.24, 2.45) is 0 Å². The summed E-state index contributed by atoms with van der Waals surface area (Å²) < 4.78 is 28.9. The summed E-state index contributed by atoms with van der Waals surface area (Å²) >= 11 is 11.9. The van der Waals surface area contributed by atoms with E-state index in [1.165, 1.54) is 20.7 Å². The number of halogens is 2. The van der Waals surface area contributed by atoms with Gasteiger partial charge in [0.05, 0.1) is 17.1 Å². The molecule has 0 bridgehead atoms. The van der Waals surface area contributed by atoms with Crippen LogP contribution in [0.1, 0.15) is 42.5 Å². The maximum Gasteiger partial charge on any atom is 0.282 e. The quantitative estimate of drug-likeness (QED) is 0.662. The van der Waals surface area contributed by atoms with Crippen LogP contribution >= 0.6 is 23.2 Å². The van der Waals surface area contributed by atoms with Gasteiger partial charge in [-0.25, -0.2) is 0 Å². The largest absolute Gasteiger partial charge is 0.343 e. The van der Waals surface area contributed by atoms with Gasteiger partial charge in [-0.3, -0.25) is 9.59 Å². The van der Waals surface area contributed by atoms with Crippen LogP contribution in [0.25, 0.3) is 0 Å².